The van der Waals surface area contributed by atoms with Gasteiger partial charge in [0.1, 0.15) is 0 Å². The molecule has 132 valence electrons. The van der Waals surface area contributed by atoms with Crippen LogP contribution in [0.15, 0.2) is 71.5 Å². The molecule has 0 atom stereocenters. The summed E-state index contributed by atoms with van der Waals surface area (Å²) in [6.45, 7) is 0.647. The fourth-order valence-electron chi connectivity index (χ4n) is 2.47. The first-order valence-corrected chi connectivity index (χ1v) is 8.64. The van der Waals surface area contributed by atoms with Gasteiger partial charge in [0.05, 0.1) is 12.2 Å². The van der Waals surface area contributed by atoms with Gasteiger partial charge in [0, 0.05) is 29.6 Å². The fraction of sp³-hybridized carbons (Fsp3) is 0.150. The van der Waals surface area contributed by atoms with E-state index in [0.717, 1.165) is 11.1 Å². The fourth-order valence-corrected chi connectivity index (χ4v) is 2.60. The van der Waals surface area contributed by atoms with Gasteiger partial charge in [-0.2, -0.15) is 5.10 Å². The predicted octanol–water partition coefficient (Wildman–Crippen LogP) is 3.27. The van der Waals surface area contributed by atoms with Gasteiger partial charge in [0.15, 0.2) is 0 Å². The zero-order chi connectivity index (χ0) is 18.4. The maximum atomic E-state index is 12.0. The zero-order valence-electron chi connectivity index (χ0n) is 14.1. The lowest BCUT2D eigenvalue weighted by Gasteiger charge is -2.08. The molecular formula is C20H18ClN3O2. The highest BCUT2D eigenvalue weighted by Crippen LogP contribution is 2.14. The number of amides is 1. The molecular weight excluding hydrogens is 350 g/mol. The van der Waals surface area contributed by atoms with Crippen LogP contribution in [0.4, 0.5) is 0 Å². The van der Waals surface area contributed by atoms with Crippen LogP contribution >= 0.6 is 11.6 Å². The number of nitrogens with zero attached hydrogens (tertiary/aromatic N) is 2. The van der Waals surface area contributed by atoms with Gasteiger partial charge in [0.2, 0.25) is 5.91 Å². The van der Waals surface area contributed by atoms with Crippen LogP contribution in [0.25, 0.3) is 11.3 Å². The van der Waals surface area contributed by atoms with Gasteiger partial charge in [-0.1, -0.05) is 54.1 Å². The number of rotatable bonds is 6. The second-order valence-corrected chi connectivity index (χ2v) is 6.24. The SMILES string of the molecule is O=C(CCn1nc(-c2ccccc2)ccc1=O)NCc1ccc(Cl)cc1. The van der Waals surface area contributed by atoms with Crippen molar-refractivity contribution in [3.05, 3.63) is 87.7 Å². The van der Waals surface area contributed by atoms with Crippen LogP contribution in [-0.2, 0) is 17.9 Å². The van der Waals surface area contributed by atoms with Crippen molar-refractivity contribution < 1.29 is 4.79 Å². The topological polar surface area (TPSA) is 64.0 Å². The van der Waals surface area contributed by atoms with Gasteiger partial charge < -0.3 is 5.32 Å². The molecule has 0 aliphatic heterocycles. The number of nitrogens with one attached hydrogen (secondary N) is 1. The quantitative estimate of drug-likeness (QED) is 0.727. The lowest BCUT2D eigenvalue weighted by Crippen LogP contribution is -2.28. The van der Waals surface area contributed by atoms with Crippen LogP contribution in [0, 0.1) is 0 Å². The van der Waals surface area contributed by atoms with E-state index in [0.29, 0.717) is 17.3 Å². The molecule has 0 unspecified atom stereocenters. The van der Waals surface area contributed by atoms with Crippen LogP contribution in [0.2, 0.25) is 5.02 Å². The Hall–Kier alpha value is -2.92. The summed E-state index contributed by atoms with van der Waals surface area (Å²) < 4.78 is 1.32. The summed E-state index contributed by atoms with van der Waals surface area (Å²) in [7, 11) is 0. The van der Waals surface area contributed by atoms with Crippen molar-refractivity contribution in [2.75, 3.05) is 0 Å². The molecule has 0 bridgehead atoms. The highest BCUT2D eigenvalue weighted by molar-refractivity contribution is 6.30. The summed E-state index contributed by atoms with van der Waals surface area (Å²) in [5.74, 6) is -0.140. The number of hydrogen-bond acceptors (Lipinski definition) is 3. The average molecular weight is 368 g/mol. The maximum Gasteiger partial charge on any atom is 0.266 e. The minimum Gasteiger partial charge on any atom is -0.352 e. The van der Waals surface area contributed by atoms with Crippen molar-refractivity contribution in [2.24, 2.45) is 0 Å². The van der Waals surface area contributed by atoms with E-state index < -0.39 is 0 Å². The average Bonchev–Trinajstić information content (AvgIpc) is 2.67. The van der Waals surface area contributed by atoms with Crippen molar-refractivity contribution in [3.8, 4) is 11.3 Å². The van der Waals surface area contributed by atoms with Crippen LogP contribution in [0.3, 0.4) is 0 Å². The van der Waals surface area contributed by atoms with E-state index >= 15 is 0 Å². The van der Waals surface area contributed by atoms with E-state index in [-0.39, 0.29) is 24.4 Å². The van der Waals surface area contributed by atoms with Crippen molar-refractivity contribution in [1.82, 2.24) is 15.1 Å². The Morgan fingerprint density at radius 1 is 1.00 bits per heavy atom. The van der Waals surface area contributed by atoms with Crippen molar-refractivity contribution in [2.45, 2.75) is 19.5 Å². The minimum atomic E-state index is -0.227. The molecule has 5 nitrogen and oxygen atoms in total. The molecule has 1 heterocycles. The van der Waals surface area contributed by atoms with Gasteiger partial charge in [0.25, 0.3) is 5.56 Å². The third-order valence-electron chi connectivity index (χ3n) is 3.89. The van der Waals surface area contributed by atoms with Gasteiger partial charge >= 0.3 is 0 Å². The molecule has 1 N–H and O–H groups in total. The summed E-state index contributed by atoms with van der Waals surface area (Å²) >= 11 is 5.84. The summed E-state index contributed by atoms with van der Waals surface area (Å²) in [6.07, 6.45) is 0.179. The highest BCUT2D eigenvalue weighted by Gasteiger charge is 2.06. The van der Waals surface area contributed by atoms with Crippen LogP contribution in [0.5, 0.6) is 0 Å². The normalized spacial score (nSPS) is 10.5. The molecule has 3 aromatic rings. The summed E-state index contributed by atoms with van der Waals surface area (Å²) in [4.78, 5) is 24.0. The molecule has 0 radical (unpaired) electrons. The molecule has 1 amide bonds. The van der Waals surface area contributed by atoms with Crippen molar-refractivity contribution in [3.63, 3.8) is 0 Å². The Morgan fingerprint density at radius 2 is 1.73 bits per heavy atom. The van der Waals surface area contributed by atoms with Crippen molar-refractivity contribution in [1.29, 1.82) is 0 Å². The van der Waals surface area contributed by atoms with Gasteiger partial charge in [-0.05, 0) is 23.8 Å². The van der Waals surface area contributed by atoms with Crippen LogP contribution in [-0.4, -0.2) is 15.7 Å². The first-order valence-electron chi connectivity index (χ1n) is 8.26. The Balaban J connectivity index is 1.59. The highest BCUT2D eigenvalue weighted by atomic mass is 35.5. The van der Waals surface area contributed by atoms with E-state index in [1.54, 1.807) is 18.2 Å². The zero-order valence-corrected chi connectivity index (χ0v) is 14.8. The number of carbonyl (C=O) groups excluding carboxylic acids is 1. The molecule has 6 heteroatoms. The Labute approximate surface area is 156 Å². The van der Waals surface area contributed by atoms with E-state index in [1.807, 2.05) is 42.5 Å². The van der Waals surface area contributed by atoms with Crippen LogP contribution in [0.1, 0.15) is 12.0 Å². The van der Waals surface area contributed by atoms with Crippen molar-refractivity contribution >= 4 is 17.5 Å². The first kappa shape index (κ1) is 17.9. The van der Waals surface area contributed by atoms with Gasteiger partial charge in [-0.15, -0.1) is 0 Å². The van der Waals surface area contributed by atoms with E-state index in [4.69, 9.17) is 11.6 Å². The minimum absolute atomic E-state index is 0.140. The molecule has 0 spiro atoms. The molecule has 3 rings (SSSR count). The number of halogens is 1. The van der Waals surface area contributed by atoms with E-state index in [1.165, 1.54) is 10.7 Å². The lowest BCUT2D eigenvalue weighted by molar-refractivity contribution is -0.121. The molecule has 0 fully saturated rings. The second-order valence-electron chi connectivity index (χ2n) is 5.80. The molecule has 0 saturated carbocycles. The number of carbonyl (C=O) groups is 1. The first-order chi connectivity index (χ1) is 12.6. The van der Waals surface area contributed by atoms with Gasteiger partial charge in [-0.3, -0.25) is 9.59 Å². The number of hydrogen-bond donors (Lipinski definition) is 1. The number of aryl methyl sites for hydroxylation is 1. The summed E-state index contributed by atoms with van der Waals surface area (Å²) in [6, 6.07) is 20.0. The molecule has 26 heavy (non-hydrogen) atoms. The number of benzene rings is 2. The Bertz CT molecular complexity index is 937. The summed E-state index contributed by atoms with van der Waals surface area (Å²) in [5, 5.41) is 7.84. The van der Waals surface area contributed by atoms with Crippen LogP contribution < -0.4 is 10.9 Å². The molecule has 0 saturated heterocycles. The van der Waals surface area contributed by atoms with Gasteiger partial charge in [-0.25, -0.2) is 4.68 Å². The smallest absolute Gasteiger partial charge is 0.266 e. The molecule has 1 aromatic heterocycles. The lowest BCUT2D eigenvalue weighted by atomic mass is 10.1. The second kappa shape index (κ2) is 8.45. The molecule has 0 aliphatic carbocycles. The largest absolute Gasteiger partial charge is 0.352 e. The Kier molecular flexibility index (Phi) is 5.81. The Morgan fingerprint density at radius 3 is 2.46 bits per heavy atom. The molecule has 2 aromatic carbocycles. The number of aromatic nitrogens is 2. The maximum absolute atomic E-state index is 12.0. The third kappa shape index (κ3) is 4.80. The third-order valence-corrected chi connectivity index (χ3v) is 4.14. The van der Waals surface area contributed by atoms with E-state index in [2.05, 4.69) is 10.4 Å². The van der Waals surface area contributed by atoms with E-state index in [9.17, 15) is 9.59 Å². The standard InChI is InChI=1S/C20H18ClN3O2/c21-17-8-6-15(7-9-17)14-22-19(25)12-13-24-20(26)11-10-18(23-24)16-4-2-1-3-5-16/h1-11H,12-14H2,(H,22,25). The predicted molar refractivity (Wildman–Crippen MR) is 102 cm³/mol. The monoisotopic (exact) mass is 367 g/mol. The molecule has 0 aliphatic rings. The summed E-state index contributed by atoms with van der Waals surface area (Å²) in [5.41, 5.74) is 2.36.